The van der Waals surface area contributed by atoms with E-state index in [2.05, 4.69) is 15.8 Å². The van der Waals surface area contributed by atoms with Crippen molar-refractivity contribution < 1.29 is 4.79 Å². The summed E-state index contributed by atoms with van der Waals surface area (Å²) in [5.41, 5.74) is 4.01. The quantitative estimate of drug-likeness (QED) is 0.619. The van der Waals surface area contributed by atoms with Crippen LogP contribution < -0.4 is 10.7 Å². The Bertz CT molecular complexity index is 645. The molecule has 0 saturated heterocycles. The number of nitriles is 2. The molecule has 1 aliphatic heterocycles. The van der Waals surface area contributed by atoms with E-state index >= 15 is 0 Å². The fourth-order valence-electron chi connectivity index (χ4n) is 1.84. The van der Waals surface area contributed by atoms with Crippen LogP contribution in [0, 0.1) is 22.7 Å². The first-order valence-electron chi connectivity index (χ1n) is 5.59. The van der Waals surface area contributed by atoms with Gasteiger partial charge in [-0.2, -0.15) is 15.6 Å². The van der Waals surface area contributed by atoms with E-state index in [1.165, 1.54) is 0 Å². The molecule has 1 aromatic carbocycles. The summed E-state index contributed by atoms with van der Waals surface area (Å²) in [5, 5.41) is 23.6. The molecule has 0 aromatic heterocycles. The van der Waals surface area contributed by atoms with E-state index in [0.717, 1.165) is 11.3 Å². The lowest BCUT2D eigenvalue weighted by Gasteiger charge is -2.15. The third-order valence-corrected chi connectivity index (χ3v) is 3.02. The summed E-state index contributed by atoms with van der Waals surface area (Å²) in [7, 11) is 0. The van der Waals surface area contributed by atoms with Crippen molar-refractivity contribution in [3.05, 3.63) is 23.8 Å². The lowest BCUT2D eigenvalue weighted by atomic mass is 9.86. The van der Waals surface area contributed by atoms with E-state index in [1.54, 1.807) is 30.3 Å². The average molecular weight is 253 g/mol. The minimum absolute atomic E-state index is 0.0575. The number of hydrazone groups is 1. The summed E-state index contributed by atoms with van der Waals surface area (Å²) in [4.78, 5) is 11.8. The number of benzene rings is 1. The molecule has 0 aliphatic carbocycles. The first-order chi connectivity index (χ1) is 8.98. The second-order valence-corrected chi connectivity index (χ2v) is 4.64. The SMILES string of the molecule is CC1(C)C(=O)Nc2ccc(NN=C(C#N)C#N)cc21. The van der Waals surface area contributed by atoms with Crippen LogP contribution in [-0.4, -0.2) is 11.6 Å². The fourth-order valence-corrected chi connectivity index (χ4v) is 1.84. The van der Waals surface area contributed by atoms with Crippen LogP contribution in [0.25, 0.3) is 0 Å². The topological polar surface area (TPSA) is 101 Å². The fraction of sp³-hybridized carbons (Fsp3) is 0.231. The molecule has 1 heterocycles. The Morgan fingerprint density at radius 3 is 2.68 bits per heavy atom. The van der Waals surface area contributed by atoms with Gasteiger partial charge in [0.05, 0.1) is 11.1 Å². The molecule has 1 amide bonds. The molecule has 6 nitrogen and oxygen atoms in total. The van der Waals surface area contributed by atoms with Crippen molar-refractivity contribution in [2.24, 2.45) is 5.10 Å². The van der Waals surface area contributed by atoms with Crippen molar-refractivity contribution in [3.8, 4) is 12.1 Å². The Hall–Kier alpha value is -2.86. The number of nitrogens with zero attached hydrogens (tertiary/aromatic N) is 3. The number of nitrogens with one attached hydrogen (secondary N) is 2. The zero-order chi connectivity index (χ0) is 14.0. The minimum atomic E-state index is -0.607. The normalized spacial score (nSPS) is 14.6. The summed E-state index contributed by atoms with van der Waals surface area (Å²) in [6.07, 6.45) is 0. The molecule has 1 aromatic rings. The van der Waals surface area contributed by atoms with Crippen LogP contribution in [0.3, 0.4) is 0 Å². The molecule has 0 saturated carbocycles. The van der Waals surface area contributed by atoms with Crippen LogP contribution in [0.2, 0.25) is 0 Å². The minimum Gasteiger partial charge on any atom is -0.325 e. The third kappa shape index (κ3) is 2.12. The zero-order valence-electron chi connectivity index (χ0n) is 10.5. The number of hydrogen-bond donors (Lipinski definition) is 2. The molecule has 19 heavy (non-hydrogen) atoms. The second-order valence-electron chi connectivity index (χ2n) is 4.64. The monoisotopic (exact) mass is 253 g/mol. The maximum absolute atomic E-state index is 11.8. The van der Waals surface area contributed by atoms with Crippen molar-refractivity contribution >= 4 is 23.0 Å². The van der Waals surface area contributed by atoms with Gasteiger partial charge < -0.3 is 5.32 Å². The molecule has 6 heteroatoms. The average Bonchev–Trinajstić information content (AvgIpc) is 2.62. The number of amides is 1. The highest BCUT2D eigenvalue weighted by molar-refractivity contribution is 6.10. The van der Waals surface area contributed by atoms with Gasteiger partial charge in [-0.3, -0.25) is 10.2 Å². The van der Waals surface area contributed by atoms with Gasteiger partial charge in [-0.05, 0) is 37.6 Å². The molecule has 0 spiro atoms. The molecule has 0 atom stereocenters. The van der Waals surface area contributed by atoms with Gasteiger partial charge >= 0.3 is 0 Å². The molecule has 0 radical (unpaired) electrons. The van der Waals surface area contributed by atoms with E-state index in [1.807, 2.05) is 13.8 Å². The molecule has 0 fully saturated rings. The number of anilines is 2. The number of rotatable bonds is 2. The van der Waals surface area contributed by atoms with E-state index in [4.69, 9.17) is 10.5 Å². The van der Waals surface area contributed by atoms with Crippen LogP contribution in [-0.2, 0) is 10.2 Å². The zero-order valence-corrected chi connectivity index (χ0v) is 10.5. The van der Waals surface area contributed by atoms with Crippen LogP contribution in [0.1, 0.15) is 19.4 Å². The second kappa shape index (κ2) is 4.43. The van der Waals surface area contributed by atoms with Gasteiger partial charge in [0.15, 0.2) is 0 Å². The van der Waals surface area contributed by atoms with Gasteiger partial charge in [0.2, 0.25) is 11.6 Å². The summed E-state index contributed by atoms with van der Waals surface area (Å²) in [6, 6.07) is 8.58. The van der Waals surface area contributed by atoms with Gasteiger partial charge in [0, 0.05) is 5.69 Å². The number of fused-ring (bicyclic) bond motifs is 1. The Morgan fingerprint density at radius 1 is 1.37 bits per heavy atom. The van der Waals surface area contributed by atoms with Crippen molar-refractivity contribution in [1.82, 2.24) is 0 Å². The summed E-state index contributed by atoms with van der Waals surface area (Å²) >= 11 is 0. The predicted molar refractivity (Wildman–Crippen MR) is 70.4 cm³/mol. The van der Waals surface area contributed by atoms with E-state index in [-0.39, 0.29) is 11.6 Å². The van der Waals surface area contributed by atoms with Crippen molar-refractivity contribution in [2.75, 3.05) is 10.7 Å². The highest BCUT2D eigenvalue weighted by Crippen LogP contribution is 2.38. The molecule has 2 rings (SSSR count). The van der Waals surface area contributed by atoms with Gasteiger partial charge in [-0.1, -0.05) is 0 Å². The Labute approximate surface area is 110 Å². The molecule has 0 bridgehead atoms. The lowest BCUT2D eigenvalue weighted by molar-refractivity contribution is -0.119. The molecule has 1 aliphatic rings. The van der Waals surface area contributed by atoms with Crippen molar-refractivity contribution in [1.29, 1.82) is 10.5 Å². The number of carbonyl (C=O) groups excluding carboxylic acids is 1. The van der Waals surface area contributed by atoms with Crippen LogP contribution in [0.15, 0.2) is 23.3 Å². The van der Waals surface area contributed by atoms with Crippen LogP contribution in [0.4, 0.5) is 11.4 Å². The van der Waals surface area contributed by atoms with Crippen LogP contribution >= 0.6 is 0 Å². The summed E-state index contributed by atoms with van der Waals surface area (Å²) in [5.74, 6) is -0.0575. The van der Waals surface area contributed by atoms with Gasteiger partial charge in [0.25, 0.3) is 0 Å². The molecule has 0 unspecified atom stereocenters. The largest absolute Gasteiger partial charge is 0.325 e. The molecule has 94 valence electrons. The molecular formula is C13H11N5O. The standard InChI is InChI=1S/C13H11N5O/c1-13(2)10-5-8(17-18-9(6-14)7-15)3-4-11(10)16-12(13)19/h3-5,17H,1-2H3,(H,16,19). The van der Waals surface area contributed by atoms with Crippen molar-refractivity contribution in [3.63, 3.8) is 0 Å². The number of carbonyl (C=O) groups is 1. The number of hydrogen-bond acceptors (Lipinski definition) is 5. The smallest absolute Gasteiger partial charge is 0.237 e. The van der Waals surface area contributed by atoms with E-state index < -0.39 is 5.41 Å². The molecule has 2 N–H and O–H groups in total. The summed E-state index contributed by atoms with van der Waals surface area (Å²) < 4.78 is 0. The van der Waals surface area contributed by atoms with Crippen molar-refractivity contribution in [2.45, 2.75) is 19.3 Å². The van der Waals surface area contributed by atoms with E-state index in [0.29, 0.717) is 5.69 Å². The summed E-state index contributed by atoms with van der Waals surface area (Å²) in [6.45, 7) is 3.66. The van der Waals surface area contributed by atoms with Gasteiger partial charge in [0.1, 0.15) is 12.1 Å². The Balaban J connectivity index is 2.32. The van der Waals surface area contributed by atoms with Crippen LogP contribution in [0.5, 0.6) is 0 Å². The van der Waals surface area contributed by atoms with Gasteiger partial charge in [-0.15, -0.1) is 0 Å². The Morgan fingerprint density at radius 2 is 2.05 bits per heavy atom. The van der Waals surface area contributed by atoms with E-state index in [9.17, 15) is 4.79 Å². The van der Waals surface area contributed by atoms with Gasteiger partial charge in [-0.25, -0.2) is 0 Å². The third-order valence-electron chi connectivity index (χ3n) is 3.02. The molecular weight excluding hydrogens is 242 g/mol. The highest BCUT2D eigenvalue weighted by atomic mass is 16.2. The Kier molecular flexibility index (Phi) is 2.94. The lowest BCUT2D eigenvalue weighted by Crippen LogP contribution is -2.26. The maximum Gasteiger partial charge on any atom is 0.237 e. The first kappa shape index (κ1) is 12.6. The first-order valence-corrected chi connectivity index (χ1v) is 5.59. The maximum atomic E-state index is 11.8. The highest BCUT2D eigenvalue weighted by Gasteiger charge is 2.38. The predicted octanol–water partition coefficient (Wildman–Crippen LogP) is 1.73.